The van der Waals surface area contributed by atoms with Gasteiger partial charge in [0.15, 0.2) is 0 Å². The first-order valence-corrected chi connectivity index (χ1v) is 3.41. The Morgan fingerprint density at radius 3 is 3.09 bits per heavy atom. The number of benzene rings is 1. The average Bonchev–Trinajstić information content (AvgIpc) is 2.04. The molecule has 0 aromatic heterocycles. The lowest BCUT2D eigenvalue weighted by molar-refractivity contribution is 0.371. The number of rotatable bonds is 0. The van der Waals surface area contributed by atoms with Crippen LogP contribution in [0.5, 0.6) is 5.75 Å². The molecule has 0 radical (unpaired) electrons. The van der Waals surface area contributed by atoms with Crippen LogP contribution in [-0.4, -0.2) is 12.4 Å². The third-order valence-corrected chi connectivity index (χ3v) is 1.50. The van der Waals surface area contributed by atoms with Crippen LogP contribution in [0.3, 0.4) is 0 Å². The predicted molar refractivity (Wildman–Crippen MR) is 43.2 cm³/mol. The van der Waals surface area contributed by atoms with Gasteiger partial charge in [0, 0.05) is 0 Å². The van der Waals surface area contributed by atoms with Crippen LogP contribution in [0.2, 0.25) is 0 Å². The zero-order valence-corrected chi connectivity index (χ0v) is 5.95. The van der Waals surface area contributed by atoms with Crippen molar-refractivity contribution in [1.29, 1.82) is 0 Å². The highest BCUT2D eigenvalue weighted by atomic mass is 16.5. The van der Waals surface area contributed by atoms with E-state index in [1.54, 1.807) is 0 Å². The molecule has 0 spiro atoms. The third kappa shape index (κ3) is 1.05. The van der Waals surface area contributed by atoms with Gasteiger partial charge in [-0.3, -0.25) is 0 Å². The Kier molecular flexibility index (Phi) is 1.28. The number of nitrogens with zero attached hydrogens (tertiary/aromatic N) is 1. The Labute approximate surface area is 64.5 Å². The van der Waals surface area contributed by atoms with Gasteiger partial charge in [0.2, 0.25) is 0 Å². The van der Waals surface area contributed by atoms with Crippen molar-refractivity contribution in [2.75, 3.05) is 6.61 Å². The van der Waals surface area contributed by atoms with E-state index in [0.717, 1.165) is 11.4 Å². The van der Waals surface area contributed by atoms with Crippen molar-refractivity contribution in [2.24, 2.45) is 10.7 Å². The molecular weight excluding hydrogens is 140 g/mol. The minimum absolute atomic E-state index is 0.400. The number of ether oxygens (including phenoxy) is 1. The highest BCUT2D eigenvalue weighted by Crippen LogP contribution is 2.28. The minimum Gasteiger partial charge on any atom is -0.483 e. The lowest BCUT2D eigenvalue weighted by atomic mass is 10.3. The molecule has 2 N–H and O–H groups in total. The van der Waals surface area contributed by atoms with Gasteiger partial charge in [-0.15, -0.1) is 0 Å². The summed E-state index contributed by atoms with van der Waals surface area (Å²) in [7, 11) is 0. The largest absolute Gasteiger partial charge is 0.483 e. The van der Waals surface area contributed by atoms with Crippen LogP contribution >= 0.6 is 0 Å². The molecule has 0 bridgehead atoms. The number of hydrogen-bond acceptors (Lipinski definition) is 3. The Balaban J connectivity index is 2.51. The van der Waals surface area contributed by atoms with Gasteiger partial charge in [-0.05, 0) is 12.1 Å². The molecule has 0 amide bonds. The van der Waals surface area contributed by atoms with Gasteiger partial charge in [0.25, 0.3) is 0 Å². The molecule has 0 unspecified atom stereocenters. The third-order valence-electron chi connectivity index (χ3n) is 1.50. The fraction of sp³-hybridized carbons (Fsp3) is 0.125. The Bertz CT molecular complexity index is 307. The molecule has 1 aromatic carbocycles. The van der Waals surface area contributed by atoms with Gasteiger partial charge in [0.1, 0.15) is 23.9 Å². The Hall–Kier alpha value is -1.51. The molecule has 0 fully saturated rings. The maximum atomic E-state index is 5.47. The second kappa shape index (κ2) is 2.27. The first kappa shape index (κ1) is 6.22. The molecule has 1 heterocycles. The standard InChI is InChI=1S/C8H8N2O/c9-8-5-11-7-4-2-1-3-6(7)10-8/h1-4H,5H2,(H2,9,10). The summed E-state index contributed by atoms with van der Waals surface area (Å²) in [6.07, 6.45) is 0. The van der Waals surface area contributed by atoms with Gasteiger partial charge in [-0.2, -0.15) is 0 Å². The fourth-order valence-corrected chi connectivity index (χ4v) is 1.01. The van der Waals surface area contributed by atoms with Gasteiger partial charge in [-0.25, -0.2) is 4.99 Å². The van der Waals surface area contributed by atoms with E-state index in [1.807, 2.05) is 24.3 Å². The van der Waals surface area contributed by atoms with E-state index in [4.69, 9.17) is 10.5 Å². The fourth-order valence-electron chi connectivity index (χ4n) is 1.01. The van der Waals surface area contributed by atoms with Crippen molar-refractivity contribution in [3.63, 3.8) is 0 Å². The van der Waals surface area contributed by atoms with E-state index in [2.05, 4.69) is 4.99 Å². The zero-order valence-electron chi connectivity index (χ0n) is 5.95. The van der Waals surface area contributed by atoms with Gasteiger partial charge in [0.05, 0.1) is 0 Å². The summed E-state index contributed by atoms with van der Waals surface area (Å²) in [6, 6.07) is 7.58. The molecule has 3 heteroatoms. The van der Waals surface area contributed by atoms with Gasteiger partial charge >= 0.3 is 0 Å². The number of hydrogen-bond donors (Lipinski definition) is 1. The molecule has 0 saturated carbocycles. The molecule has 1 aromatic rings. The minimum atomic E-state index is 0.400. The summed E-state index contributed by atoms with van der Waals surface area (Å²) in [5, 5.41) is 0. The lowest BCUT2D eigenvalue weighted by Crippen LogP contribution is -2.23. The summed E-state index contributed by atoms with van der Waals surface area (Å²) < 4.78 is 5.28. The molecule has 1 aliphatic rings. The number of para-hydroxylation sites is 2. The predicted octanol–water partition coefficient (Wildman–Crippen LogP) is 1.07. The molecule has 11 heavy (non-hydrogen) atoms. The molecule has 0 aliphatic carbocycles. The molecule has 3 nitrogen and oxygen atoms in total. The summed E-state index contributed by atoms with van der Waals surface area (Å²) in [4.78, 5) is 4.12. The molecular formula is C8H8N2O. The van der Waals surface area contributed by atoms with E-state index in [-0.39, 0.29) is 0 Å². The summed E-state index contributed by atoms with van der Waals surface area (Å²) in [5.41, 5.74) is 6.29. The second-order valence-electron chi connectivity index (χ2n) is 2.36. The van der Waals surface area contributed by atoms with E-state index < -0.39 is 0 Å². The van der Waals surface area contributed by atoms with Crippen LogP contribution in [0, 0.1) is 0 Å². The van der Waals surface area contributed by atoms with Crippen LogP contribution in [0.4, 0.5) is 5.69 Å². The van der Waals surface area contributed by atoms with Crippen LogP contribution in [0.1, 0.15) is 0 Å². The van der Waals surface area contributed by atoms with Crippen molar-refractivity contribution in [3.05, 3.63) is 24.3 Å². The zero-order chi connectivity index (χ0) is 7.68. The van der Waals surface area contributed by atoms with E-state index in [9.17, 15) is 0 Å². The van der Waals surface area contributed by atoms with E-state index in [0.29, 0.717) is 12.4 Å². The van der Waals surface area contributed by atoms with E-state index >= 15 is 0 Å². The van der Waals surface area contributed by atoms with Crippen molar-refractivity contribution < 1.29 is 4.74 Å². The number of amidine groups is 1. The van der Waals surface area contributed by atoms with Crippen molar-refractivity contribution in [3.8, 4) is 5.75 Å². The monoisotopic (exact) mass is 148 g/mol. The van der Waals surface area contributed by atoms with Crippen molar-refractivity contribution >= 4 is 11.5 Å². The summed E-state index contributed by atoms with van der Waals surface area (Å²) in [6.45, 7) is 0.400. The average molecular weight is 148 g/mol. The molecule has 0 atom stereocenters. The molecule has 56 valence electrons. The topological polar surface area (TPSA) is 47.6 Å². The summed E-state index contributed by atoms with van der Waals surface area (Å²) in [5.74, 6) is 1.34. The second-order valence-corrected chi connectivity index (χ2v) is 2.36. The SMILES string of the molecule is NC1=Nc2ccccc2OC1. The Morgan fingerprint density at radius 2 is 2.18 bits per heavy atom. The first-order chi connectivity index (χ1) is 5.36. The van der Waals surface area contributed by atoms with Crippen molar-refractivity contribution in [2.45, 2.75) is 0 Å². The van der Waals surface area contributed by atoms with Crippen LogP contribution in [0.15, 0.2) is 29.3 Å². The highest BCUT2D eigenvalue weighted by molar-refractivity contribution is 5.87. The van der Waals surface area contributed by atoms with Crippen LogP contribution in [0.25, 0.3) is 0 Å². The smallest absolute Gasteiger partial charge is 0.145 e. The number of aliphatic imine (C=N–C) groups is 1. The molecule has 1 aliphatic heterocycles. The van der Waals surface area contributed by atoms with Crippen LogP contribution in [-0.2, 0) is 0 Å². The van der Waals surface area contributed by atoms with Gasteiger partial charge < -0.3 is 10.5 Å². The van der Waals surface area contributed by atoms with E-state index in [1.165, 1.54) is 0 Å². The van der Waals surface area contributed by atoms with Gasteiger partial charge in [-0.1, -0.05) is 12.1 Å². The number of fused-ring (bicyclic) bond motifs is 1. The van der Waals surface area contributed by atoms with Crippen LogP contribution < -0.4 is 10.5 Å². The normalized spacial score (nSPS) is 14.7. The maximum absolute atomic E-state index is 5.47. The Morgan fingerprint density at radius 1 is 1.36 bits per heavy atom. The lowest BCUT2D eigenvalue weighted by Gasteiger charge is -2.13. The van der Waals surface area contributed by atoms with Crippen molar-refractivity contribution in [1.82, 2.24) is 0 Å². The maximum Gasteiger partial charge on any atom is 0.145 e. The summed E-state index contributed by atoms with van der Waals surface area (Å²) >= 11 is 0. The quantitative estimate of drug-likeness (QED) is 0.598. The molecule has 2 rings (SSSR count). The molecule has 0 saturated heterocycles. The number of nitrogens with two attached hydrogens (primary N) is 1. The first-order valence-electron chi connectivity index (χ1n) is 3.41. The highest BCUT2D eigenvalue weighted by Gasteiger charge is 2.08.